The second kappa shape index (κ2) is 8.10. The molecule has 0 heterocycles. The van der Waals surface area contributed by atoms with E-state index in [1.165, 1.54) is 0 Å². The standard InChI is InChI=1S/C11H22N2O3/c1-3-9(6-11(15)16)13-10(14)5-4-8(2)7-12/h8-9H,3-7,12H2,1-2H3,(H,13,14)(H,15,16). The van der Waals surface area contributed by atoms with Crippen LogP contribution in [0.15, 0.2) is 0 Å². The fourth-order valence-corrected chi connectivity index (χ4v) is 1.30. The smallest absolute Gasteiger partial charge is 0.305 e. The first-order valence-corrected chi connectivity index (χ1v) is 5.70. The summed E-state index contributed by atoms with van der Waals surface area (Å²) in [5.41, 5.74) is 5.44. The molecule has 0 rings (SSSR count). The van der Waals surface area contributed by atoms with Crippen LogP contribution in [0.4, 0.5) is 0 Å². The molecular formula is C11H22N2O3. The van der Waals surface area contributed by atoms with Gasteiger partial charge in [-0.25, -0.2) is 0 Å². The molecule has 0 fully saturated rings. The molecule has 16 heavy (non-hydrogen) atoms. The zero-order valence-corrected chi connectivity index (χ0v) is 10.0. The van der Waals surface area contributed by atoms with E-state index in [0.29, 0.717) is 25.3 Å². The molecule has 0 aliphatic rings. The van der Waals surface area contributed by atoms with Crippen LogP contribution >= 0.6 is 0 Å². The molecule has 1 amide bonds. The van der Waals surface area contributed by atoms with E-state index in [4.69, 9.17) is 10.8 Å². The van der Waals surface area contributed by atoms with Gasteiger partial charge in [0.15, 0.2) is 0 Å². The topological polar surface area (TPSA) is 92.4 Å². The highest BCUT2D eigenvalue weighted by molar-refractivity contribution is 5.77. The Hall–Kier alpha value is -1.10. The Labute approximate surface area is 96.4 Å². The van der Waals surface area contributed by atoms with Gasteiger partial charge in [0, 0.05) is 12.5 Å². The van der Waals surface area contributed by atoms with Crippen LogP contribution in [0.1, 0.15) is 39.5 Å². The Kier molecular flexibility index (Phi) is 7.54. The summed E-state index contributed by atoms with van der Waals surface area (Å²) < 4.78 is 0. The molecule has 0 aliphatic carbocycles. The molecule has 5 nitrogen and oxygen atoms in total. The number of carbonyl (C=O) groups excluding carboxylic acids is 1. The van der Waals surface area contributed by atoms with Crippen LogP contribution in [-0.2, 0) is 9.59 Å². The first kappa shape index (κ1) is 14.9. The molecule has 0 aromatic carbocycles. The number of carboxylic acids is 1. The highest BCUT2D eigenvalue weighted by Gasteiger charge is 2.14. The van der Waals surface area contributed by atoms with E-state index in [-0.39, 0.29) is 18.4 Å². The number of nitrogens with two attached hydrogens (primary N) is 1. The molecule has 4 N–H and O–H groups in total. The van der Waals surface area contributed by atoms with Crippen molar-refractivity contribution in [3.8, 4) is 0 Å². The maximum atomic E-state index is 11.5. The van der Waals surface area contributed by atoms with E-state index in [0.717, 1.165) is 6.42 Å². The summed E-state index contributed by atoms with van der Waals surface area (Å²) in [6, 6.07) is -0.266. The number of carboxylic acid groups (broad SMARTS) is 1. The fourth-order valence-electron chi connectivity index (χ4n) is 1.30. The molecule has 0 radical (unpaired) electrons. The van der Waals surface area contributed by atoms with Crippen molar-refractivity contribution < 1.29 is 14.7 Å². The average molecular weight is 230 g/mol. The van der Waals surface area contributed by atoms with Crippen molar-refractivity contribution in [2.75, 3.05) is 6.54 Å². The number of rotatable bonds is 8. The van der Waals surface area contributed by atoms with Crippen molar-refractivity contribution >= 4 is 11.9 Å². The third-order valence-electron chi connectivity index (χ3n) is 2.55. The summed E-state index contributed by atoms with van der Waals surface area (Å²) in [7, 11) is 0. The van der Waals surface area contributed by atoms with Crippen molar-refractivity contribution in [1.29, 1.82) is 0 Å². The predicted molar refractivity (Wildman–Crippen MR) is 61.9 cm³/mol. The molecule has 0 aromatic heterocycles. The van der Waals surface area contributed by atoms with Crippen LogP contribution in [-0.4, -0.2) is 29.6 Å². The van der Waals surface area contributed by atoms with E-state index in [1.54, 1.807) is 0 Å². The molecule has 0 bridgehead atoms. The molecule has 0 saturated heterocycles. The van der Waals surface area contributed by atoms with Gasteiger partial charge < -0.3 is 16.2 Å². The molecule has 0 saturated carbocycles. The molecule has 2 unspecified atom stereocenters. The van der Waals surface area contributed by atoms with Crippen molar-refractivity contribution in [2.24, 2.45) is 11.7 Å². The van der Waals surface area contributed by atoms with Gasteiger partial charge in [-0.1, -0.05) is 13.8 Å². The third kappa shape index (κ3) is 7.23. The number of aliphatic carboxylic acids is 1. The monoisotopic (exact) mass is 230 g/mol. The summed E-state index contributed by atoms with van der Waals surface area (Å²) in [4.78, 5) is 22.0. The van der Waals surface area contributed by atoms with Gasteiger partial charge in [-0.2, -0.15) is 0 Å². The van der Waals surface area contributed by atoms with Crippen LogP contribution in [0.3, 0.4) is 0 Å². The summed E-state index contributed by atoms with van der Waals surface area (Å²) in [5, 5.41) is 11.3. The second-order valence-electron chi connectivity index (χ2n) is 4.15. The molecule has 0 aliphatic heterocycles. The highest BCUT2D eigenvalue weighted by Crippen LogP contribution is 2.04. The van der Waals surface area contributed by atoms with Gasteiger partial charge in [0.25, 0.3) is 0 Å². The minimum absolute atomic E-state index is 0.0192. The zero-order chi connectivity index (χ0) is 12.6. The average Bonchev–Trinajstić information content (AvgIpc) is 2.24. The van der Waals surface area contributed by atoms with Gasteiger partial charge in [-0.05, 0) is 25.3 Å². The Morgan fingerprint density at radius 1 is 1.44 bits per heavy atom. The van der Waals surface area contributed by atoms with Gasteiger partial charge in [-0.15, -0.1) is 0 Å². The summed E-state index contributed by atoms with van der Waals surface area (Å²) in [6.45, 7) is 4.41. The number of hydrogen-bond donors (Lipinski definition) is 3. The van der Waals surface area contributed by atoms with Crippen LogP contribution in [0.2, 0.25) is 0 Å². The van der Waals surface area contributed by atoms with Crippen LogP contribution < -0.4 is 11.1 Å². The van der Waals surface area contributed by atoms with E-state index < -0.39 is 5.97 Å². The highest BCUT2D eigenvalue weighted by atomic mass is 16.4. The van der Waals surface area contributed by atoms with Crippen molar-refractivity contribution in [3.63, 3.8) is 0 Å². The third-order valence-corrected chi connectivity index (χ3v) is 2.55. The van der Waals surface area contributed by atoms with Gasteiger partial charge in [-0.3, -0.25) is 9.59 Å². The fraction of sp³-hybridized carbons (Fsp3) is 0.818. The van der Waals surface area contributed by atoms with E-state index in [9.17, 15) is 9.59 Å². The Bertz CT molecular complexity index is 231. The molecule has 94 valence electrons. The Morgan fingerprint density at radius 3 is 2.50 bits per heavy atom. The molecule has 5 heteroatoms. The number of carbonyl (C=O) groups is 2. The lowest BCUT2D eigenvalue weighted by Crippen LogP contribution is -2.36. The zero-order valence-electron chi connectivity index (χ0n) is 10.0. The quantitative estimate of drug-likeness (QED) is 0.573. The molecule has 0 aromatic rings. The van der Waals surface area contributed by atoms with E-state index in [2.05, 4.69) is 5.32 Å². The van der Waals surface area contributed by atoms with Gasteiger partial charge in [0.05, 0.1) is 6.42 Å². The predicted octanol–water partition coefficient (Wildman–Crippen LogP) is 0.731. The summed E-state index contributed by atoms with van der Waals surface area (Å²) in [6.07, 6.45) is 1.76. The van der Waals surface area contributed by atoms with E-state index in [1.807, 2.05) is 13.8 Å². The summed E-state index contributed by atoms with van der Waals surface area (Å²) >= 11 is 0. The maximum absolute atomic E-state index is 11.5. The largest absolute Gasteiger partial charge is 0.481 e. The number of amides is 1. The van der Waals surface area contributed by atoms with E-state index >= 15 is 0 Å². The minimum atomic E-state index is -0.887. The number of nitrogens with one attached hydrogen (secondary N) is 1. The van der Waals surface area contributed by atoms with Gasteiger partial charge >= 0.3 is 5.97 Å². The Balaban J connectivity index is 3.87. The van der Waals surface area contributed by atoms with Gasteiger partial charge in [0.1, 0.15) is 0 Å². The van der Waals surface area contributed by atoms with Gasteiger partial charge in [0.2, 0.25) is 5.91 Å². The van der Waals surface area contributed by atoms with Crippen LogP contribution in [0, 0.1) is 5.92 Å². The first-order chi connectivity index (χ1) is 7.49. The SMILES string of the molecule is CCC(CC(=O)O)NC(=O)CCC(C)CN. The van der Waals surface area contributed by atoms with Crippen molar-refractivity contribution in [2.45, 2.75) is 45.6 Å². The van der Waals surface area contributed by atoms with Crippen LogP contribution in [0.25, 0.3) is 0 Å². The first-order valence-electron chi connectivity index (χ1n) is 5.70. The molecular weight excluding hydrogens is 208 g/mol. The minimum Gasteiger partial charge on any atom is -0.481 e. The maximum Gasteiger partial charge on any atom is 0.305 e. The lowest BCUT2D eigenvalue weighted by atomic mass is 10.1. The molecule has 2 atom stereocenters. The Morgan fingerprint density at radius 2 is 2.06 bits per heavy atom. The van der Waals surface area contributed by atoms with Crippen molar-refractivity contribution in [1.82, 2.24) is 5.32 Å². The summed E-state index contributed by atoms with van der Waals surface area (Å²) in [5.74, 6) is -0.652. The normalized spacial score (nSPS) is 14.2. The van der Waals surface area contributed by atoms with Crippen LogP contribution in [0.5, 0.6) is 0 Å². The second-order valence-corrected chi connectivity index (χ2v) is 4.15. The van der Waals surface area contributed by atoms with Crippen molar-refractivity contribution in [3.05, 3.63) is 0 Å². The molecule has 0 spiro atoms. The lowest BCUT2D eigenvalue weighted by Gasteiger charge is -2.15. The number of hydrogen-bond acceptors (Lipinski definition) is 3. The lowest BCUT2D eigenvalue weighted by molar-refractivity contribution is -0.137.